The zero-order chi connectivity index (χ0) is 19.0. The highest BCUT2D eigenvalue weighted by Gasteiger charge is 2.15. The fourth-order valence-corrected chi connectivity index (χ4v) is 2.80. The number of rotatable bonds is 15. The van der Waals surface area contributed by atoms with Crippen LogP contribution in [0.4, 0.5) is 0 Å². The third kappa shape index (κ3) is 19.1. The molecule has 4 heteroatoms. The average molecular weight is 357 g/mol. The van der Waals surface area contributed by atoms with E-state index < -0.39 is 0 Å². The predicted octanol–water partition coefficient (Wildman–Crippen LogP) is 5.96. The molecule has 0 unspecified atom stereocenters. The largest absolute Gasteiger partial charge is 0.469 e. The molecule has 0 aliphatic carbocycles. The minimum atomic E-state index is -0.363. The number of unbranched alkanes of at least 4 members (excludes halogenated alkanes) is 11. The minimum Gasteiger partial charge on any atom is -0.469 e. The van der Waals surface area contributed by atoms with Crippen LogP contribution in [-0.4, -0.2) is 24.6 Å². The van der Waals surface area contributed by atoms with Crippen LogP contribution >= 0.6 is 0 Å². The maximum Gasteiger partial charge on any atom is 0.306 e. The molecule has 0 saturated heterocycles. The van der Waals surface area contributed by atoms with Crippen LogP contribution in [0.5, 0.6) is 0 Å². The Kier molecular flexibility index (Phi) is 14.6. The second kappa shape index (κ2) is 15.2. The molecule has 0 atom stereocenters. The summed E-state index contributed by atoms with van der Waals surface area (Å²) in [5.74, 6) is -0.162. The van der Waals surface area contributed by atoms with E-state index in [4.69, 9.17) is 4.74 Å². The van der Waals surface area contributed by atoms with Gasteiger partial charge in [-0.3, -0.25) is 9.59 Å². The maximum atomic E-state index is 11.6. The van der Waals surface area contributed by atoms with Crippen molar-refractivity contribution in [1.29, 1.82) is 0 Å². The molecule has 0 aromatic rings. The van der Waals surface area contributed by atoms with Gasteiger partial charge in [-0.15, -0.1) is 0 Å². The number of methoxy groups -OCH3 is 1. The van der Waals surface area contributed by atoms with Gasteiger partial charge in [-0.05, 0) is 33.6 Å². The lowest BCUT2D eigenvalue weighted by atomic mass is 10.0. The third-order valence-electron chi connectivity index (χ3n) is 4.16. The first-order chi connectivity index (χ1) is 11.8. The van der Waals surface area contributed by atoms with Crippen LogP contribution in [0.3, 0.4) is 0 Å². The monoisotopic (exact) mass is 356 g/mol. The fraction of sp³-hybridized carbons (Fsp3) is 0.905. The third-order valence-corrected chi connectivity index (χ3v) is 4.16. The summed E-state index contributed by atoms with van der Waals surface area (Å²) in [7, 11) is 1.45. The fourth-order valence-electron chi connectivity index (χ4n) is 2.80. The standard InChI is InChI=1S/C21H40O4/c1-21(2,3)25-20(23)18-16-14-12-10-8-6-5-7-9-11-13-15-17-19(22)24-4/h5-18H2,1-4H3. The van der Waals surface area contributed by atoms with Gasteiger partial charge in [0.2, 0.25) is 0 Å². The summed E-state index contributed by atoms with van der Waals surface area (Å²) in [5, 5.41) is 0. The van der Waals surface area contributed by atoms with Gasteiger partial charge >= 0.3 is 11.9 Å². The van der Waals surface area contributed by atoms with Crippen molar-refractivity contribution in [2.24, 2.45) is 0 Å². The quantitative estimate of drug-likeness (QED) is 0.268. The van der Waals surface area contributed by atoms with E-state index in [-0.39, 0.29) is 17.5 Å². The molecule has 0 bridgehead atoms. The van der Waals surface area contributed by atoms with Crippen molar-refractivity contribution in [3.8, 4) is 0 Å². The Morgan fingerprint density at radius 1 is 0.600 bits per heavy atom. The van der Waals surface area contributed by atoms with Crippen LogP contribution in [0, 0.1) is 0 Å². The van der Waals surface area contributed by atoms with E-state index in [0.717, 1.165) is 25.7 Å². The van der Waals surface area contributed by atoms with Gasteiger partial charge in [0.25, 0.3) is 0 Å². The summed E-state index contributed by atoms with van der Waals surface area (Å²) in [6, 6.07) is 0. The Bertz CT molecular complexity index is 344. The van der Waals surface area contributed by atoms with Crippen molar-refractivity contribution in [3.05, 3.63) is 0 Å². The molecule has 0 aliphatic heterocycles. The molecular formula is C21H40O4. The number of esters is 2. The minimum absolute atomic E-state index is 0.0703. The molecule has 0 spiro atoms. The van der Waals surface area contributed by atoms with Gasteiger partial charge in [0.05, 0.1) is 7.11 Å². The molecule has 0 aliphatic rings. The summed E-state index contributed by atoms with van der Waals surface area (Å²) in [5.41, 5.74) is -0.363. The predicted molar refractivity (Wildman–Crippen MR) is 102 cm³/mol. The second-order valence-electron chi connectivity index (χ2n) is 7.91. The van der Waals surface area contributed by atoms with Crippen LogP contribution in [0.15, 0.2) is 0 Å². The molecule has 0 rings (SSSR count). The van der Waals surface area contributed by atoms with E-state index in [2.05, 4.69) is 4.74 Å². The lowest BCUT2D eigenvalue weighted by Crippen LogP contribution is -2.23. The molecular weight excluding hydrogens is 316 g/mol. The van der Waals surface area contributed by atoms with E-state index in [1.54, 1.807) is 0 Å². The van der Waals surface area contributed by atoms with Crippen LogP contribution in [0.25, 0.3) is 0 Å². The van der Waals surface area contributed by atoms with E-state index in [1.807, 2.05) is 20.8 Å². The van der Waals surface area contributed by atoms with Crippen LogP contribution < -0.4 is 0 Å². The Labute approximate surface area is 155 Å². The van der Waals surface area contributed by atoms with Crippen molar-refractivity contribution >= 4 is 11.9 Å². The Hall–Kier alpha value is -1.06. The first-order valence-corrected chi connectivity index (χ1v) is 10.1. The van der Waals surface area contributed by atoms with E-state index >= 15 is 0 Å². The molecule has 0 heterocycles. The first-order valence-electron chi connectivity index (χ1n) is 10.1. The first kappa shape index (κ1) is 23.9. The van der Waals surface area contributed by atoms with E-state index in [9.17, 15) is 9.59 Å². The molecule has 0 radical (unpaired) electrons. The maximum absolute atomic E-state index is 11.6. The lowest BCUT2D eigenvalue weighted by Gasteiger charge is -2.19. The molecule has 148 valence electrons. The van der Waals surface area contributed by atoms with Gasteiger partial charge < -0.3 is 9.47 Å². The summed E-state index contributed by atoms with van der Waals surface area (Å²) >= 11 is 0. The summed E-state index contributed by atoms with van der Waals surface area (Å²) in [4.78, 5) is 22.5. The van der Waals surface area contributed by atoms with Crippen molar-refractivity contribution < 1.29 is 19.1 Å². The molecule has 0 fully saturated rings. The highest BCUT2D eigenvalue weighted by molar-refractivity contribution is 5.69. The van der Waals surface area contributed by atoms with Crippen molar-refractivity contribution in [2.75, 3.05) is 7.11 Å². The van der Waals surface area contributed by atoms with E-state index in [0.29, 0.717) is 12.8 Å². The highest BCUT2D eigenvalue weighted by atomic mass is 16.6. The number of carbonyl (C=O) groups excluding carboxylic acids is 2. The van der Waals surface area contributed by atoms with Crippen molar-refractivity contribution in [3.63, 3.8) is 0 Å². The van der Waals surface area contributed by atoms with Gasteiger partial charge in [0.15, 0.2) is 0 Å². The Morgan fingerprint density at radius 2 is 0.920 bits per heavy atom. The normalized spacial score (nSPS) is 11.4. The second-order valence-corrected chi connectivity index (χ2v) is 7.91. The lowest BCUT2D eigenvalue weighted by molar-refractivity contribution is -0.155. The SMILES string of the molecule is COC(=O)CCCCCCCCCCCCCCC(=O)OC(C)(C)C. The molecule has 0 aromatic heterocycles. The molecule has 0 N–H and O–H groups in total. The zero-order valence-corrected chi connectivity index (χ0v) is 17.0. The number of hydrogen-bond acceptors (Lipinski definition) is 4. The topological polar surface area (TPSA) is 52.6 Å². The van der Waals surface area contributed by atoms with Crippen LogP contribution in [0.2, 0.25) is 0 Å². The van der Waals surface area contributed by atoms with Crippen molar-refractivity contribution in [2.45, 2.75) is 116 Å². The molecule has 0 aromatic carbocycles. The van der Waals surface area contributed by atoms with Crippen molar-refractivity contribution in [1.82, 2.24) is 0 Å². The van der Waals surface area contributed by atoms with Gasteiger partial charge in [0.1, 0.15) is 5.60 Å². The van der Waals surface area contributed by atoms with Gasteiger partial charge in [-0.1, -0.05) is 64.2 Å². The van der Waals surface area contributed by atoms with Gasteiger partial charge in [-0.25, -0.2) is 0 Å². The van der Waals surface area contributed by atoms with E-state index in [1.165, 1.54) is 58.5 Å². The molecule has 25 heavy (non-hydrogen) atoms. The number of hydrogen-bond donors (Lipinski definition) is 0. The Morgan fingerprint density at radius 3 is 1.24 bits per heavy atom. The smallest absolute Gasteiger partial charge is 0.306 e. The molecule has 0 saturated carbocycles. The molecule has 4 nitrogen and oxygen atoms in total. The summed E-state index contributed by atoms with van der Waals surface area (Å²) in [6.07, 6.45) is 15.5. The summed E-state index contributed by atoms with van der Waals surface area (Å²) < 4.78 is 9.93. The average Bonchev–Trinajstić information content (AvgIpc) is 2.53. The van der Waals surface area contributed by atoms with Gasteiger partial charge in [0, 0.05) is 12.8 Å². The summed E-state index contributed by atoms with van der Waals surface area (Å²) in [6.45, 7) is 5.73. The molecule has 0 amide bonds. The Balaban J connectivity index is 3.19. The number of carbonyl (C=O) groups is 2. The van der Waals surface area contributed by atoms with Crippen LogP contribution in [0.1, 0.15) is 111 Å². The zero-order valence-electron chi connectivity index (χ0n) is 17.0. The highest BCUT2D eigenvalue weighted by Crippen LogP contribution is 2.14. The van der Waals surface area contributed by atoms with Crippen LogP contribution in [-0.2, 0) is 19.1 Å². The van der Waals surface area contributed by atoms with Gasteiger partial charge in [-0.2, -0.15) is 0 Å². The number of ether oxygens (including phenoxy) is 2.